The van der Waals surface area contributed by atoms with Crippen molar-refractivity contribution in [2.45, 2.75) is 20.8 Å². The first-order valence-electron chi connectivity index (χ1n) is 3.67. The summed E-state index contributed by atoms with van der Waals surface area (Å²) in [6, 6.07) is 0. The summed E-state index contributed by atoms with van der Waals surface area (Å²) >= 11 is 0. The van der Waals surface area contributed by atoms with Crippen LogP contribution in [0.15, 0.2) is 11.8 Å². The van der Waals surface area contributed by atoms with Gasteiger partial charge in [-0.1, -0.05) is 0 Å². The predicted molar refractivity (Wildman–Crippen MR) is 44.2 cm³/mol. The van der Waals surface area contributed by atoms with Crippen molar-refractivity contribution in [3.63, 3.8) is 0 Å². The van der Waals surface area contributed by atoms with Gasteiger partial charge in [0.1, 0.15) is 5.76 Å². The number of hydrogen-bond donors (Lipinski definition) is 0. The van der Waals surface area contributed by atoms with E-state index in [9.17, 15) is 4.79 Å². The van der Waals surface area contributed by atoms with E-state index in [2.05, 4.69) is 0 Å². The fraction of sp³-hybridized carbons (Fsp3) is 0.625. The van der Waals surface area contributed by atoms with E-state index in [0.29, 0.717) is 12.3 Å². The molecule has 0 N–H and O–H groups in total. The summed E-state index contributed by atoms with van der Waals surface area (Å²) in [4.78, 5) is 12.5. The molecule has 1 amide bonds. The molecule has 0 aliphatic carbocycles. The summed E-state index contributed by atoms with van der Waals surface area (Å²) in [6.07, 6.45) is 1.45. The highest BCUT2D eigenvalue weighted by atomic mass is 16.6. The van der Waals surface area contributed by atoms with Crippen molar-refractivity contribution < 1.29 is 9.53 Å². The van der Waals surface area contributed by atoms with Crippen molar-refractivity contribution in [1.29, 1.82) is 0 Å². The van der Waals surface area contributed by atoms with Crippen molar-refractivity contribution in [2.75, 3.05) is 13.6 Å². The molecular weight excluding hydrogens is 142 g/mol. The summed E-state index contributed by atoms with van der Waals surface area (Å²) in [5.41, 5.74) is 0. The highest BCUT2D eigenvalue weighted by Gasteiger charge is 2.06. The topological polar surface area (TPSA) is 29.5 Å². The maximum Gasteiger partial charge on any atom is 0.414 e. The van der Waals surface area contributed by atoms with Crippen LogP contribution in [0.2, 0.25) is 0 Å². The summed E-state index contributed by atoms with van der Waals surface area (Å²) in [5.74, 6) is 0.635. The van der Waals surface area contributed by atoms with Crippen LogP contribution in [0.4, 0.5) is 4.79 Å². The Kier molecular flexibility index (Phi) is 4.34. The van der Waals surface area contributed by atoms with E-state index < -0.39 is 0 Å². The van der Waals surface area contributed by atoms with E-state index in [0.717, 1.165) is 0 Å². The number of amides is 1. The lowest BCUT2D eigenvalue weighted by atomic mass is 10.5. The fourth-order valence-corrected chi connectivity index (χ4v) is 0.404. The highest BCUT2D eigenvalue weighted by Crippen LogP contribution is 1.98. The van der Waals surface area contributed by atoms with Crippen LogP contribution < -0.4 is 0 Å². The molecule has 0 rings (SSSR count). The summed E-state index contributed by atoms with van der Waals surface area (Å²) in [5, 5.41) is 0. The van der Waals surface area contributed by atoms with Crippen LogP contribution in [-0.4, -0.2) is 24.6 Å². The Bertz CT molecular complexity index is 163. The molecule has 0 aromatic heterocycles. The second-order valence-corrected chi connectivity index (χ2v) is 2.28. The van der Waals surface area contributed by atoms with Crippen LogP contribution in [0.5, 0.6) is 0 Å². The minimum Gasteiger partial charge on any atom is -0.415 e. The van der Waals surface area contributed by atoms with Crippen LogP contribution >= 0.6 is 0 Å². The Morgan fingerprint density at radius 3 is 2.55 bits per heavy atom. The van der Waals surface area contributed by atoms with E-state index in [4.69, 9.17) is 4.74 Å². The average molecular weight is 157 g/mol. The number of nitrogens with zero attached hydrogens (tertiary/aromatic N) is 1. The quantitative estimate of drug-likeness (QED) is 0.574. The zero-order valence-electron chi connectivity index (χ0n) is 7.55. The molecule has 0 aliphatic rings. The Balaban J connectivity index is 3.87. The molecule has 0 bridgehead atoms. The minimum atomic E-state index is -0.303. The van der Waals surface area contributed by atoms with Crippen LogP contribution in [0, 0.1) is 0 Å². The molecule has 11 heavy (non-hydrogen) atoms. The monoisotopic (exact) mass is 157 g/mol. The molecule has 0 radical (unpaired) electrons. The van der Waals surface area contributed by atoms with Gasteiger partial charge in [0, 0.05) is 13.6 Å². The first-order valence-corrected chi connectivity index (χ1v) is 3.67. The summed E-state index contributed by atoms with van der Waals surface area (Å²) < 4.78 is 4.90. The molecule has 0 saturated heterocycles. The number of ether oxygens (including phenoxy) is 1. The molecule has 3 heteroatoms. The molecule has 64 valence electrons. The first kappa shape index (κ1) is 10.0. The van der Waals surface area contributed by atoms with Gasteiger partial charge in [0.05, 0.1) is 0 Å². The molecule has 0 spiro atoms. The molecule has 0 atom stereocenters. The van der Waals surface area contributed by atoms with Gasteiger partial charge in [-0.3, -0.25) is 0 Å². The van der Waals surface area contributed by atoms with Gasteiger partial charge in [-0.05, 0) is 26.8 Å². The molecule has 0 aromatic rings. The van der Waals surface area contributed by atoms with E-state index in [1.165, 1.54) is 4.90 Å². The lowest BCUT2D eigenvalue weighted by Gasteiger charge is -2.13. The molecule has 0 aromatic carbocycles. The Labute approximate surface area is 67.6 Å². The lowest BCUT2D eigenvalue weighted by molar-refractivity contribution is 0.140. The predicted octanol–water partition coefficient (Wildman–Crippen LogP) is 2.00. The maximum atomic E-state index is 11.0. The summed E-state index contributed by atoms with van der Waals surface area (Å²) in [7, 11) is 1.70. The summed E-state index contributed by atoms with van der Waals surface area (Å²) in [6.45, 7) is 6.14. The van der Waals surface area contributed by atoms with E-state index in [1.54, 1.807) is 20.0 Å². The zero-order valence-corrected chi connectivity index (χ0v) is 7.55. The van der Waals surface area contributed by atoms with E-state index in [-0.39, 0.29) is 6.09 Å². The van der Waals surface area contributed by atoms with E-state index in [1.807, 2.05) is 13.8 Å². The van der Waals surface area contributed by atoms with Gasteiger partial charge in [0.15, 0.2) is 0 Å². The van der Waals surface area contributed by atoms with Gasteiger partial charge < -0.3 is 9.64 Å². The third-order valence-corrected chi connectivity index (χ3v) is 1.44. The average Bonchev–Trinajstić information content (AvgIpc) is 2.02. The van der Waals surface area contributed by atoms with Crippen molar-refractivity contribution >= 4 is 6.09 Å². The second kappa shape index (κ2) is 4.77. The maximum absolute atomic E-state index is 11.0. The van der Waals surface area contributed by atoms with Crippen LogP contribution in [0.3, 0.4) is 0 Å². The molecule has 0 heterocycles. The van der Waals surface area contributed by atoms with Gasteiger partial charge in [-0.25, -0.2) is 4.79 Å². The number of carbonyl (C=O) groups is 1. The molecule has 0 fully saturated rings. The molecule has 0 saturated carbocycles. The Morgan fingerprint density at radius 2 is 2.18 bits per heavy atom. The van der Waals surface area contributed by atoms with Gasteiger partial charge in [-0.2, -0.15) is 0 Å². The largest absolute Gasteiger partial charge is 0.415 e. The first-order chi connectivity index (χ1) is 5.11. The van der Waals surface area contributed by atoms with Crippen LogP contribution in [0.1, 0.15) is 20.8 Å². The van der Waals surface area contributed by atoms with Crippen LogP contribution in [-0.2, 0) is 4.74 Å². The molecule has 3 nitrogen and oxygen atoms in total. The standard InChI is InChI=1S/C8H15NO2/c1-5-7(3)11-8(10)9(4)6-2/h5H,6H2,1-4H3. The van der Waals surface area contributed by atoms with Crippen molar-refractivity contribution in [3.05, 3.63) is 11.8 Å². The Morgan fingerprint density at radius 1 is 1.64 bits per heavy atom. The lowest BCUT2D eigenvalue weighted by Crippen LogP contribution is -2.26. The third kappa shape index (κ3) is 3.65. The van der Waals surface area contributed by atoms with Crippen molar-refractivity contribution in [2.24, 2.45) is 0 Å². The van der Waals surface area contributed by atoms with Gasteiger partial charge in [0.2, 0.25) is 0 Å². The number of carbonyl (C=O) groups excluding carboxylic acids is 1. The van der Waals surface area contributed by atoms with Gasteiger partial charge in [0.25, 0.3) is 0 Å². The third-order valence-electron chi connectivity index (χ3n) is 1.44. The number of rotatable bonds is 2. The molecular formula is C8H15NO2. The van der Waals surface area contributed by atoms with Crippen molar-refractivity contribution in [3.8, 4) is 0 Å². The molecule has 0 aliphatic heterocycles. The Hall–Kier alpha value is -0.990. The fourth-order valence-electron chi connectivity index (χ4n) is 0.404. The van der Waals surface area contributed by atoms with Crippen molar-refractivity contribution in [1.82, 2.24) is 4.90 Å². The second-order valence-electron chi connectivity index (χ2n) is 2.28. The minimum absolute atomic E-state index is 0.303. The zero-order chi connectivity index (χ0) is 8.85. The number of allylic oxidation sites excluding steroid dienone is 2. The van der Waals surface area contributed by atoms with Crippen LogP contribution in [0.25, 0.3) is 0 Å². The van der Waals surface area contributed by atoms with Gasteiger partial charge in [-0.15, -0.1) is 0 Å². The number of hydrogen-bond acceptors (Lipinski definition) is 2. The SMILES string of the molecule is CC=C(C)OC(=O)N(C)CC. The highest BCUT2D eigenvalue weighted by molar-refractivity contribution is 5.68. The normalized spacial score (nSPS) is 11.1. The smallest absolute Gasteiger partial charge is 0.414 e. The van der Waals surface area contributed by atoms with E-state index >= 15 is 0 Å². The van der Waals surface area contributed by atoms with Gasteiger partial charge >= 0.3 is 6.09 Å². The molecule has 0 unspecified atom stereocenters.